The van der Waals surface area contributed by atoms with Gasteiger partial charge >= 0.3 is 0 Å². The Morgan fingerprint density at radius 3 is 2.69 bits per heavy atom. The number of nitrogens with zero attached hydrogens (tertiary/aromatic N) is 2. The summed E-state index contributed by atoms with van der Waals surface area (Å²) < 4.78 is 10.7. The molecule has 0 bridgehead atoms. The van der Waals surface area contributed by atoms with Crippen LogP contribution in [-0.2, 0) is 6.42 Å². The lowest BCUT2D eigenvalue weighted by Crippen LogP contribution is -1.91. The van der Waals surface area contributed by atoms with E-state index >= 15 is 0 Å². The van der Waals surface area contributed by atoms with E-state index in [4.69, 9.17) is 9.15 Å². The summed E-state index contributed by atoms with van der Waals surface area (Å²) in [5, 5.41) is 7.78. The van der Waals surface area contributed by atoms with Gasteiger partial charge in [0, 0.05) is 12.5 Å². The van der Waals surface area contributed by atoms with Crippen molar-refractivity contribution in [3.8, 4) is 17.2 Å². The van der Waals surface area contributed by atoms with Crippen molar-refractivity contribution >= 4 is 0 Å². The molecule has 0 fully saturated rings. The van der Waals surface area contributed by atoms with E-state index in [1.54, 1.807) is 14.0 Å². The number of hydrogen-bond acceptors (Lipinski definition) is 4. The lowest BCUT2D eigenvalue weighted by atomic mass is 10.1. The smallest absolute Gasteiger partial charge is 0.247 e. The summed E-state index contributed by atoms with van der Waals surface area (Å²) >= 11 is 0. The van der Waals surface area contributed by atoms with E-state index in [1.807, 2.05) is 18.2 Å². The quantitative estimate of drug-likeness (QED) is 0.794. The van der Waals surface area contributed by atoms with E-state index in [-0.39, 0.29) is 0 Å². The summed E-state index contributed by atoms with van der Waals surface area (Å²) in [4.78, 5) is 0. The highest BCUT2D eigenvalue weighted by Crippen LogP contribution is 2.26. The summed E-state index contributed by atoms with van der Waals surface area (Å²) in [5.74, 6) is 1.95. The SMILES string of the molecule is CCc1ccc(-c2nnc(C)o2)cc1OC. The maximum absolute atomic E-state index is 5.36. The number of methoxy groups -OCH3 is 1. The van der Waals surface area contributed by atoms with Gasteiger partial charge in [-0.05, 0) is 24.1 Å². The fourth-order valence-electron chi connectivity index (χ4n) is 1.58. The fraction of sp³-hybridized carbons (Fsp3) is 0.333. The molecule has 0 amide bonds. The minimum atomic E-state index is 0.526. The normalized spacial score (nSPS) is 10.4. The molecular weight excluding hydrogens is 204 g/mol. The molecule has 4 heteroatoms. The van der Waals surface area contributed by atoms with Crippen LogP contribution in [0, 0.1) is 6.92 Å². The second kappa shape index (κ2) is 4.35. The van der Waals surface area contributed by atoms with Gasteiger partial charge in [0.25, 0.3) is 0 Å². The van der Waals surface area contributed by atoms with E-state index in [0.717, 1.165) is 17.7 Å². The van der Waals surface area contributed by atoms with Gasteiger partial charge in [-0.25, -0.2) is 0 Å². The summed E-state index contributed by atoms with van der Waals surface area (Å²) in [6.07, 6.45) is 0.937. The van der Waals surface area contributed by atoms with Gasteiger partial charge in [0.15, 0.2) is 0 Å². The Labute approximate surface area is 94.3 Å². The lowest BCUT2D eigenvalue weighted by molar-refractivity contribution is 0.410. The third-order valence-electron chi connectivity index (χ3n) is 2.44. The standard InChI is InChI=1S/C12H14N2O2/c1-4-9-5-6-10(7-11(9)15-3)12-14-13-8(2)16-12/h5-7H,4H2,1-3H3. The molecule has 0 aliphatic heterocycles. The number of benzene rings is 1. The average molecular weight is 218 g/mol. The first-order valence-corrected chi connectivity index (χ1v) is 5.22. The molecule has 84 valence electrons. The number of aryl methyl sites for hydroxylation is 2. The number of hydrogen-bond donors (Lipinski definition) is 0. The molecule has 4 nitrogen and oxygen atoms in total. The van der Waals surface area contributed by atoms with Crippen molar-refractivity contribution in [3.63, 3.8) is 0 Å². The molecule has 0 radical (unpaired) electrons. The van der Waals surface area contributed by atoms with Crippen LogP contribution in [0.1, 0.15) is 18.4 Å². The molecule has 0 atom stereocenters. The first kappa shape index (κ1) is 10.7. The highest BCUT2D eigenvalue weighted by molar-refractivity contribution is 5.57. The molecule has 0 aliphatic carbocycles. The summed E-state index contributed by atoms with van der Waals surface area (Å²) in [6, 6.07) is 5.91. The van der Waals surface area contributed by atoms with E-state index in [2.05, 4.69) is 17.1 Å². The molecule has 1 aromatic carbocycles. The molecular formula is C12H14N2O2. The zero-order valence-corrected chi connectivity index (χ0v) is 9.65. The van der Waals surface area contributed by atoms with E-state index < -0.39 is 0 Å². The molecule has 2 aromatic rings. The Morgan fingerprint density at radius 2 is 2.12 bits per heavy atom. The third-order valence-corrected chi connectivity index (χ3v) is 2.44. The summed E-state index contributed by atoms with van der Waals surface area (Å²) in [5.41, 5.74) is 2.05. The largest absolute Gasteiger partial charge is 0.496 e. The predicted octanol–water partition coefficient (Wildman–Crippen LogP) is 2.62. The Kier molecular flexibility index (Phi) is 2.90. The molecule has 1 heterocycles. The lowest BCUT2D eigenvalue weighted by Gasteiger charge is -2.07. The van der Waals surface area contributed by atoms with Gasteiger partial charge < -0.3 is 9.15 Å². The van der Waals surface area contributed by atoms with E-state index in [9.17, 15) is 0 Å². The van der Waals surface area contributed by atoms with Crippen molar-refractivity contribution < 1.29 is 9.15 Å². The molecule has 0 aliphatic rings. The molecule has 0 saturated heterocycles. The second-order valence-corrected chi connectivity index (χ2v) is 3.51. The van der Waals surface area contributed by atoms with Crippen LogP contribution < -0.4 is 4.74 Å². The average Bonchev–Trinajstić information content (AvgIpc) is 2.75. The van der Waals surface area contributed by atoms with Gasteiger partial charge in [-0.15, -0.1) is 10.2 Å². The van der Waals surface area contributed by atoms with Crippen LogP contribution in [0.15, 0.2) is 22.6 Å². The van der Waals surface area contributed by atoms with Crippen molar-refractivity contribution in [1.29, 1.82) is 0 Å². The van der Waals surface area contributed by atoms with Crippen molar-refractivity contribution in [1.82, 2.24) is 10.2 Å². The van der Waals surface area contributed by atoms with Gasteiger partial charge in [-0.3, -0.25) is 0 Å². The number of aromatic nitrogens is 2. The highest BCUT2D eigenvalue weighted by Gasteiger charge is 2.09. The fourth-order valence-corrected chi connectivity index (χ4v) is 1.58. The maximum Gasteiger partial charge on any atom is 0.247 e. The van der Waals surface area contributed by atoms with E-state index in [0.29, 0.717) is 11.8 Å². The van der Waals surface area contributed by atoms with Crippen LogP contribution in [0.3, 0.4) is 0 Å². The van der Waals surface area contributed by atoms with Crippen LogP contribution in [0.2, 0.25) is 0 Å². The highest BCUT2D eigenvalue weighted by atomic mass is 16.5. The first-order valence-electron chi connectivity index (χ1n) is 5.22. The van der Waals surface area contributed by atoms with Crippen molar-refractivity contribution in [2.45, 2.75) is 20.3 Å². The van der Waals surface area contributed by atoms with Gasteiger partial charge in [0.05, 0.1) is 7.11 Å². The van der Waals surface area contributed by atoms with E-state index in [1.165, 1.54) is 5.56 Å². The van der Waals surface area contributed by atoms with Crippen LogP contribution in [0.4, 0.5) is 0 Å². The van der Waals surface area contributed by atoms with Gasteiger partial charge in [0.1, 0.15) is 5.75 Å². The van der Waals surface area contributed by atoms with Gasteiger partial charge in [0.2, 0.25) is 11.8 Å². The summed E-state index contributed by atoms with van der Waals surface area (Å²) in [7, 11) is 1.66. The van der Waals surface area contributed by atoms with Crippen LogP contribution in [-0.4, -0.2) is 17.3 Å². The molecule has 2 rings (SSSR count). The molecule has 1 aromatic heterocycles. The first-order chi connectivity index (χ1) is 7.74. The van der Waals surface area contributed by atoms with Crippen molar-refractivity contribution in [2.24, 2.45) is 0 Å². The minimum Gasteiger partial charge on any atom is -0.496 e. The van der Waals surface area contributed by atoms with Crippen LogP contribution in [0.25, 0.3) is 11.5 Å². The Bertz CT molecular complexity index is 492. The Hall–Kier alpha value is -1.84. The third kappa shape index (κ3) is 1.91. The molecule has 0 saturated carbocycles. The van der Waals surface area contributed by atoms with Gasteiger partial charge in [-0.1, -0.05) is 13.0 Å². The molecule has 0 unspecified atom stereocenters. The van der Waals surface area contributed by atoms with Crippen molar-refractivity contribution in [2.75, 3.05) is 7.11 Å². The molecule has 0 N–H and O–H groups in total. The Balaban J connectivity index is 2.43. The number of ether oxygens (including phenoxy) is 1. The number of rotatable bonds is 3. The monoisotopic (exact) mass is 218 g/mol. The predicted molar refractivity (Wildman–Crippen MR) is 60.4 cm³/mol. The Morgan fingerprint density at radius 1 is 1.31 bits per heavy atom. The second-order valence-electron chi connectivity index (χ2n) is 3.51. The van der Waals surface area contributed by atoms with Crippen LogP contribution >= 0.6 is 0 Å². The zero-order valence-electron chi connectivity index (χ0n) is 9.65. The minimum absolute atomic E-state index is 0.526. The topological polar surface area (TPSA) is 48.2 Å². The molecule has 0 spiro atoms. The van der Waals surface area contributed by atoms with Gasteiger partial charge in [-0.2, -0.15) is 0 Å². The zero-order chi connectivity index (χ0) is 11.5. The molecule has 16 heavy (non-hydrogen) atoms. The maximum atomic E-state index is 5.36. The van der Waals surface area contributed by atoms with Crippen LogP contribution in [0.5, 0.6) is 5.75 Å². The van der Waals surface area contributed by atoms with Crippen molar-refractivity contribution in [3.05, 3.63) is 29.7 Å². The summed E-state index contributed by atoms with van der Waals surface area (Å²) in [6.45, 7) is 3.86.